The second-order valence-electron chi connectivity index (χ2n) is 4.47. The van der Waals surface area contributed by atoms with E-state index in [1.165, 1.54) is 7.11 Å². The minimum absolute atomic E-state index is 0.0384. The zero-order valence-corrected chi connectivity index (χ0v) is 11.9. The lowest BCUT2D eigenvalue weighted by Gasteiger charge is -2.14. The van der Waals surface area contributed by atoms with E-state index < -0.39 is 24.0 Å². The molecule has 1 aromatic carbocycles. The molecule has 0 spiro atoms. The Hall–Kier alpha value is -2.57. The number of carboxylic acid groups (broad SMARTS) is 1. The number of ether oxygens (including phenoxy) is 1. The number of hydrogen-bond acceptors (Lipinski definition) is 4. The van der Waals surface area contributed by atoms with Crippen molar-refractivity contribution in [2.75, 3.05) is 12.4 Å². The van der Waals surface area contributed by atoms with Gasteiger partial charge >= 0.3 is 18.0 Å². The van der Waals surface area contributed by atoms with E-state index in [4.69, 9.17) is 5.11 Å². The topological polar surface area (TPSA) is 105 Å². The summed E-state index contributed by atoms with van der Waals surface area (Å²) >= 11 is 0. The quantitative estimate of drug-likeness (QED) is 0.690. The van der Waals surface area contributed by atoms with Gasteiger partial charge in [-0.05, 0) is 25.5 Å². The Labute approximate surface area is 122 Å². The van der Waals surface area contributed by atoms with E-state index in [0.29, 0.717) is 5.69 Å². The summed E-state index contributed by atoms with van der Waals surface area (Å²) in [5.74, 6) is -1.74. The van der Waals surface area contributed by atoms with Crippen LogP contribution in [0.2, 0.25) is 0 Å². The van der Waals surface area contributed by atoms with Crippen molar-refractivity contribution in [3.05, 3.63) is 29.8 Å². The van der Waals surface area contributed by atoms with Gasteiger partial charge in [0.05, 0.1) is 7.11 Å². The average molecular weight is 294 g/mol. The van der Waals surface area contributed by atoms with Crippen molar-refractivity contribution in [2.24, 2.45) is 0 Å². The Kier molecular flexibility index (Phi) is 6.19. The molecule has 7 heteroatoms. The highest BCUT2D eigenvalue weighted by molar-refractivity contribution is 5.92. The molecule has 7 nitrogen and oxygen atoms in total. The number of carboxylic acids is 1. The van der Waals surface area contributed by atoms with Gasteiger partial charge in [0.2, 0.25) is 0 Å². The second-order valence-corrected chi connectivity index (χ2v) is 4.47. The number of urea groups is 1. The van der Waals surface area contributed by atoms with Crippen LogP contribution in [0.25, 0.3) is 0 Å². The Morgan fingerprint density at radius 1 is 1.24 bits per heavy atom. The number of benzene rings is 1. The van der Waals surface area contributed by atoms with Gasteiger partial charge in [0.1, 0.15) is 6.04 Å². The zero-order chi connectivity index (χ0) is 15.8. The molecule has 0 heterocycles. The number of aryl methyl sites for hydroxylation is 1. The number of nitrogens with one attached hydrogen (secondary N) is 2. The summed E-state index contributed by atoms with van der Waals surface area (Å²) < 4.78 is 4.43. The highest BCUT2D eigenvalue weighted by Crippen LogP contribution is 2.08. The lowest BCUT2D eigenvalue weighted by molar-refractivity contribution is -0.142. The van der Waals surface area contributed by atoms with Crippen LogP contribution in [0, 0.1) is 6.92 Å². The lowest BCUT2D eigenvalue weighted by atomic mass is 10.1. The van der Waals surface area contributed by atoms with Crippen LogP contribution in [0.15, 0.2) is 24.3 Å². The number of carbonyl (C=O) groups excluding carboxylic acids is 2. The van der Waals surface area contributed by atoms with Crippen LogP contribution in [0.3, 0.4) is 0 Å². The summed E-state index contributed by atoms with van der Waals surface area (Å²) in [4.78, 5) is 33.8. The first kappa shape index (κ1) is 16.5. The van der Waals surface area contributed by atoms with Gasteiger partial charge in [-0.25, -0.2) is 9.59 Å². The van der Waals surface area contributed by atoms with Crippen LogP contribution in [-0.4, -0.2) is 36.2 Å². The van der Waals surface area contributed by atoms with Crippen molar-refractivity contribution in [3.8, 4) is 0 Å². The van der Waals surface area contributed by atoms with Crippen molar-refractivity contribution >= 4 is 23.7 Å². The minimum atomic E-state index is -1.21. The molecule has 0 saturated carbocycles. The van der Waals surface area contributed by atoms with Crippen molar-refractivity contribution in [1.29, 1.82) is 0 Å². The molecule has 0 radical (unpaired) electrons. The normalized spacial score (nSPS) is 11.3. The molecule has 3 N–H and O–H groups in total. The molecule has 1 aromatic rings. The van der Waals surface area contributed by atoms with Gasteiger partial charge < -0.3 is 20.5 Å². The fourth-order valence-electron chi connectivity index (χ4n) is 1.58. The van der Waals surface area contributed by atoms with E-state index >= 15 is 0 Å². The van der Waals surface area contributed by atoms with Crippen LogP contribution in [-0.2, 0) is 14.3 Å². The molecule has 1 rings (SSSR count). The molecule has 0 bridgehead atoms. The molecule has 0 aliphatic carbocycles. The zero-order valence-electron chi connectivity index (χ0n) is 11.9. The molecule has 0 saturated heterocycles. The van der Waals surface area contributed by atoms with Crippen molar-refractivity contribution < 1.29 is 24.2 Å². The van der Waals surface area contributed by atoms with Crippen molar-refractivity contribution in [1.82, 2.24) is 5.32 Å². The third-order valence-electron chi connectivity index (χ3n) is 2.78. The smallest absolute Gasteiger partial charge is 0.326 e. The first-order valence-electron chi connectivity index (χ1n) is 6.36. The van der Waals surface area contributed by atoms with Gasteiger partial charge in [-0.3, -0.25) is 4.79 Å². The number of rotatable bonds is 6. The fraction of sp³-hybridized carbons (Fsp3) is 0.357. The van der Waals surface area contributed by atoms with Crippen molar-refractivity contribution in [2.45, 2.75) is 25.8 Å². The summed E-state index contributed by atoms with van der Waals surface area (Å²) in [7, 11) is 1.22. The molecule has 0 aromatic heterocycles. The van der Waals surface area contributed by atoms with Crippen molar-refractivity contribution in [3.63, 3.8) is 0 Å². The van der Waals surface area contributed by atoms with E-state index in [0.717, 1.165) is 5.56 Å². The fourth-order valence-corrected chi connectivity index (χ4v) is 1.58. The molecule has 0 fully saturated rings. The summed E-state index contributed by atoms with van der Waals surface area (Å²) in [5, 5.41) is 13.8. The summed E-state index contributed by atoms with van der Waals surface area (Å²) in [5.41, 5.74) is 1.60. The first-order valence-corrected chi connectivity index (χ1v) is 6.36. The third kappa shape index (κ3) is 5.94. The van der Waals surface area contributed by atoms with E-state index in [2.05, 4.69) is 15.4 Å². The van der Waals surface area contributed by atoms with Gasteiger partial charge in [0.15, 0.2) is 0 Å². The molecular weight excluding hydrogens is 276 g/mol. The molecule has 21 heavy (non-hydrogen) atoms. The van der Waals surface area contributed by atoms with Gasteiger partial charge in [0, 0.05) is 12.1 Å². The number of anilines is 1. The first-order chi connectivity index (χ1) is 9.92. The lowest BCUT2D eigenvalue weighted by Crippen LogP contribution is -2.43. The largest absolute Gasteiger partial charge is 0.480 e. The molecular formula is C14H18N2O5. The Balaban J connectivity index is 2.54. The highest BCUT2D eigenvalue weighted by Gasteiger charge is 2.21. The average Bonchev–Trinajstić information content (AvgIpc) is 2.45. The van der Waals surface area contributed by atoms with Gasteiger partial charge in [-0.15, -0.1) is 0 Å². The Bertz CT molecular complexity index is 513. The maximum absolute atomic E-state index is 11.7. The molecule has 0 aliphatic rings. The number of hydrogen-bond donors (Lipinski definition) is 3. The summed E-state index contributed by atoms with van der Waals surface area (Å²) in [6.07, 6.45) is -0.123. The number of methoxy groups -OCH3 is 1. The molecule has 2 amide bonds. The summed E-state index contributed by atoms with van der Waals surface area (Å²) in [6.45, 7) is 1.91. The maximum Gasteiger partial charge on any atom is 0.326 e. The number of carbonyl (C=O) groups is 3. The highest BCUT2D eigenvalue weighted by atomic mass is 16.5. The standard InChI is InChI=1S/C14H18N2O5/c1-9-3-5-10(6-4-9)15-14(20)16-11(13(18)19)7-8-12(17)21-2/h3-6,11H,7-8H2,1-2H3,(H,18,19)(H2,15,16,20)/t11-/m1/s1. The third-order valence-corrected chi connectivity index (χ3v) is 2.78. The number of esters is 1. The monoisotopic (exact) mass is 294 g/mol. The SMILES string of the molecule is COC(=O)CC[C@@H](NC(=O)Nc1ccc(C)cc1)C(=O)O. The molecule has 0 unspecified atom stereocenters. The van der Waals surface area contributed by atoms with Crippen LogP contribution in [0.5, 0.6) is 0 Å². The van der Waals surface area contributed by atoms with Crippen LogP contribution in [0.1, 0.15) is 18.4 Å². The van der Waals surface area contributed by atoms with Gasteiger partial charge in [0.25, 0.3) is 0 Å². The second kappa shape index (κ2) is 7.88. The Morgan fingerprint density at radius 3 is 2.38 bits per heavy atom. The molecule has 1 atom stereocenters. The predicted molar refractivity (Wildman–Crippen MR) is 76.0 cm³/mol. The van der Waals surface area contributed by atoms with Gasteiger partial charge in [-0.1, -0.05) is 17.7 Å². The predicted octanol–water partition coefficient (Wildman–Crippen LogP) is 1.52. The van der Waals surface area contributed by atoms with E-state index in [1.807, 2.05) is 19.1 Å². The van der Waals surface area contributed by atoms with Crippen LogP contribution >= 0.6 is 0 Å². The van der Waals surface area contributed by atoms with E-state index in [1.54, 1.807) is 12.1 Å². The van der Waals surface area contributed by atoms with E-state index in [9.17, 15) is 14.4 Å². The van der Waals surface area contributed by atoms with Crippen LogP contribution < -0.4 is 10.6 Å². The van der Waals surface area contributed by atoms with E-state index in [-0.39, 0.29) is 12.8 Å². The number of aliphatic carboxylic acids is 1. The molecule has 114 valence electrons. The van der Waals surface area contributed by atoms with Gasteiger partial charge in [-0.2, -0.15) is 0 Å². The summed E-state index contributed by atoms with van der Waals surface area (Å²) in [6, 6.07) is 5.26. The number of amides is 2. The maximum atomic E-state index is 11.7. The molecule has 0 aliphatic heterocycles. The Morgan fingerprint density at radius 2 is 1.86 bits per heavy atom. The van der Waals surface area contributed by atoms with Crippen LogP contribution in [0.4, 0.5) is 10.5 Å². The minimum Gasteiger partial charge on any atom is -0.480 e.